The molecule has 0 aliphatic rings. The number of nitrogens with zero attached hydrogens (tertiary/aromatic N) is 2. The van der Waals surface area contributed by atoms with Gasteiger partial charge in [0.25, 0.3) is 0 Å². The van der Waals surface area contributed by atoms with E-state index >= 15 is 0 Å². The van der Waals surface area contributed by atoms with Crippen molar-refractivity contribution in [1.29, 1.82) is 0 Å². The number of rotatable bonds is 2. The number of thiazole rings is 1. The molecule has 0 saturated heterocycles. The van der Waals surface area contributed by atoms with Crippen LogP contribution in [0, 0.1) is 20.8 Å². The maximum Gasteiger partial charge on any atom is 0.142 e. The van der Waals surface area contributed by atoms with E-state index < -0.39 is 0 Å². The second-order valence-electron chi connectivity index (χ2n) is 5.96. The molecule has 21 heavy (non-hydrogen) atoms. The highest BCUT2D eigenvalue weighted by Gasteiger charge is 2.12. The van der Waals surface area contributed by atoms with Crippen LogP contribution in [0.25, 0.3) is 21.6 Å². The van der Waals surface area contributed by atoms with Crippen molar-refractivity contribution in [3.63, 3.8) is 0 Å². The van der Waals surface area contributed by atoms with E-state index in [1.165, 1.54) is 22.1 Å². The molecule has 3 aromatic rings. The van der Waals surface area contributed by atoms with Crippen molar-refractivity contribution in [3.8, 4) is 10.7 Å². The molecule has 0 unspecified atom stereocenters. The number of aryl methyl sites for hydroxylation is 3. The first kappa shape index (κ1) is 14.2. The molecule has 0 aliphatic carbocycles. The lowest BCUT2D eigenvalue weighted by molar-refractivity contribution is 0.834. The van der Waals surface area contributed by atoms with E-state index in [0.717, 1.165) is 21.9 Å². The van der Waals surface area contributed by atoms with E-state index in [4.69, 9.17) is 9.97 Å². The Morgan fingerprint density at radius 2 is 1.76 bits per heavy atom. The Morgan fingerprint density at radius 1 is 1.00 bits per heavy atom. The number of hydrogen-bond donors (Lipinski definition) is 0. The van der Waals surface area contributed by atoms with E-state index in [0.29, 0.717) is 5.92 Å². The lowest BCUT2D eigenvalue weighted by Crippen LogP contribution is -1.93. The normalized spacial score (nSPS) is 11.5. The first-order valence-electron chi connectivity index (χ1n) is 7.30. The molecule has 108 valence electrons. The van der Waals surface area contributed by atoms with Crippen LogP contribution in [-0.4, -0.2) is 9.97 Å². The fourth-order valence-corrected chi connectivity index (χ4v) is 3.42. The molecule has 0 radical (unpaired) electrons. The van der Waals surface area contributed by atoms with Crippen LogP contribution in [0.1, 0.15) is 42.1 Å². The predicted octanol–water partition coefficient (Wildman–Crippen LogP) is 5.41. The molecular formula is C18H20N2S. The summed E-state index contributed by atoms with van der Waals surface area (Å²) in [4.78, 5) is 9.62. The number of aromatic nitrogens is 2. The average Bonchev–Trinajstić information content (AvgIpc) is 2.93. The molecule has 3 rings (SSSR count). The summed E-state index contributed by atoms with van der Waals surface area (Å²) in [5.74, 6) is 0.459. The standard InChI is InChI=1S/C18H20N2S/c1-10(2)16-9-21-18(20-16)15-8-12(4)14-7-6-11(3)13(5)17(14)19-15/h6-10H,1-5H3. The van der Waals surface area contributed by atoms with Gasteiger partial charge in [-0.3, -0.25) is 0 Å². The summed E-state index contributed by atoms with van der Waals surface area (Å²) >= 11 is 1.68. The summed E-state index contributed by atoms with van der Waals surface area (Å²) < 4.78 is 0. The van der Waals surface area contributed by atoms with Crippen LogP contribution < -0.4 is 0 Å². The van der Waals surface area contributed by atoms with Gasteiger partial charge in [-0.15, -0.1) is 11.3 Å². The third-order valence-electron chi connectivity index (χ3n) is 4.04. The molecule has 1 aromatic carbocycles. The Bertz CT molecular complexity index is 815. The van der Waals surface area contributed by atoms with Gasteiger partial charge in [-0.25, -0.2) is 9.97 Å². The summed E-state index contributed by atoms with van der Waals surface area (Å²) in [5.41, 5.74) is 7.05. The van der Waals surface area contributed by atoms with Crippen molar-refractivity contribution >= 4 is 22.2 Å². The Labute approximate surface area is 129 Å². The molecule has 0 N–H and O–H groups in total. The fourth-order valence-electron chi connectivity index (χ4n) is 2.48. The second-order valence-corrected chi connectivity index (χ2v) is 6.82. The van der Waals surface area contributed by atoms with Crippen molar-refractivity contribution in [2.75, 3.05) is 0 Å². The van der Waals surface area contributed by atoms with Crippen LogP contribution in [0.15, 0.2) is 23.6 Å². The van der Waals surface area contributed by atoms with Gasteiger partial charge in [0.05, 0.1) is 16.9 Å². The highest BCUT2D eigenvalue weighted by Crippen LogP contribution is 2.30. The topological polar surface area (TPSA) is 25.8 Å². The smallest absolute Gasteiger partial charge is 0.142 e. The lowest BCUT2D eigenvalue weighted by atomic mass is 10.0. The zero-order valence-electron chi connectivity index (χ0n) is 13.2. The number of benzene rings is 1. The quantitative estimate of drug-likeness (QED) is 0.632. The molecule has 0 bridgehead atoms. The van der Waals surface area contributed by atoms with Crippen LogP contribution in [0.5, 0.6) is 0 Å². The molecule has 0 fully saturated rings. The van der Waals surface area contributed by atoms with Gasteiger partial charge in [0.2, 0.25) is 0 Å². The SMILES string of the molecule is Cc1ccc2c(C)cc(-c3nc(C(C)C)cs3)nc2c1C. The maximum absolute atomic E-state index is 4.89. The average molecular weight is 296 g/mol. The number of hydrogen-bond acceptors (Lipinski definition) is 3. The first-order chi connectivity index (χ1) is 9.97. The molecule has 2 nitrogen and oxygen atoms in total. The zero-order chi connectivity index (χ0) is 15.1. The minimum Gasteiger partial charge on any atom is -0.245 e. The number of fused-ring (bicyclic) bond motifs is 1. The third-order valence-corrected chi connectivity index (χ3v) is 4.93. The monoisotopic (exact) mass is 296 g/mol. The predicted molar refractivity (Wildman–Crippen MR) is 91.2 cm³/mol. The van der Waals surface area contributed by atoms with Gasteiger partial charge in [0.15, 0.2) is 0 Å². The number of pyridine rings is 1. The molecule has 0 aliphatic heterocycles. The van der Waals surface area contributed by atoms with Crippen molar-refractivity contribution in [1.82, 2.24) is 9.97 Å². The molecule has 0 atom stereocenters. The van der Waals surface area contributed by atoms with E-state index in [-0.39, 0.29) is 0 Å². The van der Waals surface area contributed by atoms with Gasteiger partial charge < -0.3 is 0 Å². The molecule has 3 heteroatoms. The van der Waals surface area contributed by atoms with Crippen LogP contribution in [0.3, 0.4) is 0 Å². The highest BCUT2D eigenvalue weighted by atomic mass is 32.1. The van der Waals surface area contributed by atoms with Crippen LogP contribution in [-0.2, 0) is 0 Å². The largest absolute Gasteiger partial charge is 0.245 e. The van der Waals surface area contributed by atoms with Gasteiger partial charge in [-0.2, -0.15) is 0 Å². The van der Waals surface area contributed by atoms with Crippen molar-refractivity contribution < 1.29 is 0 Å². The second kappa shape index (κ2) is 5.23. The summed E-state index contributed by atoms with van der Waals surface area (Å²) in [7, 11) is 0. The van der Waals surface area contributed by atoms with Gasteiger partial charge in [0.1, 0.15) is 5.01 Å². The Balaban J connectivity index is 2.21. The Hall–Kier alpha value is -1.74. The van der Waals surface area contributed by atoms with Gasteiger partial charge >= 0.3 is 0 Å². The van der Waals surface area contributed by atoms with Gasteiger partial charge in [0, 0.05) is 10.8 Å². The molecule has 0 amide bonds. The zero-order valence-corrected chi connectivity index (χ0v) is 14.0. The fraction of sp³-hybridized carbons (Fsp3) is 0.333. The van der Waals surface area contributed by atoms with E-state index in [2.05, 4.69) is 58.2 Å². The summed E-state index contributed by atoms with van der Waals surface area (Å²) in [6.07, 6.45) is 0. The van der Waals surface area contributed by atoms with Gasteiger partial charge in [-0.1, -0.05) is 26.0 Å². The molecule has 2 heterocycles. The maximum atomic E-state index is 4.89. The van der Waals surface area contributed by atoms with E-state index in [1.807, 2.05) is 0 Å². The summed E-state index contributed by atoms with van der Waals surface area (Å²) in [5, 5.41) is 4.40. The third kappa shape index (κ3) is 2.46. The minimum atomic E-state index is 0.459. The van der Waals surface area contributed by atoms with Crippen LogP contribution in [0.2, 0.25) is 0 Å². The van der Waals surface area contributed by atoms with Gasteiger partial charge in [-0.05, 0) is 49.4 Å². The van der Waals surface area contributed by atoms with Crippen molar-refractivity contribution in [2.24, 2.45) is 0 Å². The molecule has 0 saturated carbocycles. The van der Waals surface area contributed by atoms with E-state index in [9.17, 15) is 0 Å². The Kier molecular flexibility index (Phi) is 3.54. The van der Waals surface area contributed by atoms with E-state index in [1.54, 1.807) is 11.3 Å². The first-order valence-corrected chi connectivity index (χ1v) is 8.18. The lowest BCUT2D eigenvalue weighted by Gasteiger charge is -2.09. The minimum absolute atomic E-state index is 0.459. The summed E-state index contributed by atoms with van der Waals surface area (Å²) in [6, 6.07) is 6.50. The van der Waals surface area contributed by atoms with Crippen molar-refractivity contribution in [3.05, 3.63) is 46.0 Å². The highest BCUT2D eigenvalue weighted by molar-refractivity contribution is 7.13. The summed E-state index contributed by atoms with van der Waals surface area (Å²) in [6.45, 7) is 10.8. The molecule has 0 spiro atoms. The van der Waals surface area contributed by atoms with Crippen LogP contribution in [0.4, 0.5) is 0 Å². The Morgan fingerprint density at radius 3 is 2.43 bits per heavy atom. The van der Waals surface area contributed by atoms with Crippen LogP contribution >= 0.6 is 11.3 Å². The molecule has 2 aromatic heterocycles. The molecular weight excluding hydrogens is 276 g/mol. The van der Waals surface area contributed by atoms with Crippen molar-refractivity contribution in [2.45, 2.75) is 40.5 Å².